The largest absolute Gasteiger partial charge is 0.463 e. The van der Waals surface area contributed by atoms with E-state index in [1.807, 2.05) is 0 Å². The summed E-state index contributed by atoms with van der Waals surface area (Å²) < 4.78 is 9.45. The van der Waals surface area contributed by atoms with Crippen molar-refractivity contribution < 1.29 is 18.7 Å². The SMILES string of the molecule is CCOC(=O)/C=C\NC(=O)c1ccco1. The monoisotopic (exact) mass is 209 g/mol. The van der Waals surface area contributed by atoms with Gasteiger partial charge in [0.25, 0.3) is 5.91 Å². The number of carbonyl (C=O) groups is 2. The Morgan fingerprint density at radius 2 is 2.40 bits per heavy atom. The zero-order chi connectivity index (χ0) is 11.1. The molecule has 5 heteroatoms. The summed E-state index contributed by atoms with van der Waals surface area (Å²) in [7, 11) is 0. The summed E-state index contributed by atoms with van der Waals surface area (Å²) in [5.74, 6) is -0.735. The van der Waals surface area contributed by atoms with Gasteiger partial charge in [0.2, 0.25) is 0 Å². The number of hydrogen-bond acceptors (Lipinski definition) is 4. The Hall–Kier alpha value is -2.04. The molecule has 1 N–H and O–H groups in total. The standard InChI is InChI=1S/C10H11NO4/c1-2-14-9(12)5-6-11-10(13)8-4-3-7-15-8/h3-7H,2H2,1H3,(H,11,13)/b6-5-. The molecule has 0 aliphatic heterocycles. The van der Waals surface area contributed by atoms with Crippen LogP contribution in [0.3, 0.4) is 0 Å². The van der Waals surface area contributed by atoms with E-state index in [2.05, 4.69) is 10.1 Å². The molecule has 0 aliphatic carbocycles. The lowest BCUT2D eigenvalue weighted by atomic mass is 10.4. The summed E-state index contributed by atoms with van der Waals surface area (Å²) in [6, 6.07) is 3.12. The predicted molar refractivity (Wildman–Crippen MR) is 51.9 cm³/mol. The van der Waals surface area contributed by atoms with E-state index in [-0.39, 0.29) is 5.76 Å². The molecule has 5 nitrogen and oxygen atoms in total. The van der Waals surface area contributed by atoms with E-state index in [9.17, 15) is 9.59 Å². The fourth-order valence-corrected chi connectivity index (χ4v) is 0.855. The van der Waals surface area contributed by atoms with Crippen molar-refractivity contribution in [1.82, 2.24) is 5.32 Å². The minimum absolute atomic E-state index is 0.184. The van der Waals surface area contributed by atoms with Crippen LogP contribution in [0.2, 0.25) is 0 Å². The number of hydrogen-bond donors (Lipinski definition) is 1. The molecule has 0 atom stereocenters. The third-order valence-corrected chi connectivity index (χ3v) is 1.47. The molecule has 0 saturated carbocycles. The molecule has 1 amide bonds. The van der Waals surface area contributed by atoms with Gasteiger partial charge in [0.05, 0.1) is 12.9 Å². The molecule has 0 radical (unpaired) electrons. The molecule has 0 spiro atoms. The molecule has 0 aromatic carbocycles. The van der Waals surface area contributed by atoms with Crippen molar-refractivity contribution in [2.24, 2.45) is 0 Å². The lowest BCUT2D eigenvalue weighted by Crippen LogP contribution is -2.16. The second kappa shape index (κ2) is 5.64. The Morgan fingerprint density at radius 1 is 1.60 bits per heavy atom. The van der Waals surface area contributed by atoms with Crippen molar-refractivity contribution >= 4 is 11.9 Å². The molecule has 0 unspecified atom stereocenters. The van der Waals surface area contributed by atoms with Gasteiger partial charge in [-0.25, -0.2) is 4.79 Å². The fourth-order valence-electron chi connectivity index (χ4n) is 0.855. The predicted octanol–water partition coefficient (Wildman–Crippen LogP) is 1.09. The van der Waals surface area contributed by atoms with Gasteiger partial charge in [-0.2, -0.15) is 0 Å². The molecular formula is C10H11NO4. The number of nitrogens with one attached hydrogen (secondary N) is 1. The van der Waals surface area contributed by atoms with Crippen LogP contribution in [-0.4, -0.2) is 18.5 Å². The third-order valence-electron chi connectivity index (χ3n) is 1.47. The summed E-state index contributed by atoms with van der Waals surface area (Å²) in [6.45, 7) is 2.00. The first-order valence-electron chi connectivity index (χ1n) is 4.41. The van der Waals surface area contributed by atoms with Gasteiger partial charge in [-0.1, -0.05) is 0 Å². The van der Waals surface area contributed by atoms with Gasteiger partial charge < -0.3 is 14.5 Å². The average Bonchev–Trinajstić information content (AvgIpc) is 2.70. The van der Waals surface area contributed by atoms with E-state index >= 15 is 0 Å². The molecule has 0 aliphatic rings. The molecule has 1 heterocycles. The van der Waals surface area contributed by atoms with Crippen molar-refractivity contribution in [3.63, 3.8) is 0 Å². The number of esters is 1. The Labute approximate surface area is 86.7 Å². The van der Waals surface area contributed by atoms with Gasteiger partial charge in [-0.3, -0.25) is 4.79 Å². The van der Waals surface area contributed by atoms with Crippen LogP contribution >= 0.6 is 0 Å². The minimum atomic E-state index is -0.503. The second-order valence-corrected chi connectivity index (χ2v) is 2.54. The quantitative estimate of drug-likeness (QED) is 0.595. The van der Waals surface area contributed by atoms with E-state index in [0.29, 0.717) is 6.61 Å². The summed E-state index contributed by atoms with van der Waals surface area (Å²) in [6.07, 6.45) is 3.73. The van der Waals surface area contributed by atoms with Gasteiger partial charge in [0, 0.05) is 12.3 Å². The van der Waals surface area contributed by atoms with Gasteiger partial charge >= 0.3 is 5.97 Å². The topological polar surface area (TPSA) is 68.5 Å². The summed E-state index contributed by atoms with van der Waals surface area (Å²) >= 11 is 0. The first-order valence-corrected chi connectivity index (χ1v) is 4.41. The maximum Gasteiger partial charge on any atom is 0.332 e. The third kappa shape index (κ3) is 3.68. The van der Waals surface area contributed by atoms with Crippen LogP contribution in [0.25, 0.3) is 0 Å². The molecule has 1 aromatic rings. The number of ether oxygens (including phenoxy) is 1. The smallest absolute Gasteiger partial charge is 0.332 e. The Balaban J connectivity index is 2.37. The van der Waals surface area contributed by atoms with E-state index < -0.39 is 11.9 Å². The molecule has 0 saturated heterocycles. The van der Waals surface area contributed by atoms with E-state index in [4.69, 9.17) is 4.42 Å². The van der Waals surface area contributed by atoms with Crippen molar-refractivity contribution in [2.45, 2.75) is 6.92 Å². The number of rotatable bonds is 4. The highest BCUT2D eigenvalue weighted by Crippen LogP contribution is 1.98. The summed E-state index contributed by atoms with van der Waals surface area (Å²) in [4.78, 5) is 22.1. The highest BCUT2D eigenvalue weighted by Gasteiger charge is 2.05. The molecule has 15 heavy (non-hydrogen) atoms. The van der Waals surface area contributed by atoms with Crippen molar-refractivity contribution in [2.75, 3.05) is 6.61 Å². The van der Waals surface area contributed by atoms with E-state index in [1.165, 1.54) is 18.5 Å². The molecule has 80 valence electrons. The van der Waals surface area contributed by atoms with Crippen LogP contribution in [-0.2, 0) is 9.53 Å². The summed E-state index contributed by atoms with van der Waals surface area (Å²) in [5.41, 5.74) is 0. The maximum atomic E-state index is 11.2. The normalized spacial score (nSPS) is 10.2. The number of carbonyl (C=O) groups excluding carboxylic acids is 2. The average molecular weight is 209 g/mol. The van der Waals surface area contributed by atoms with Gasteiger partial charge in [0.1, 0.15) is 0 Å². The van der Waals surface area contributed by atoms with E-state index in [0.717, 1.165) is 6.08 Å². The minimum Gasteiger partial charge on any atom is -0.463 e. The molecule has 1 aromatic heterocycles. The Bertz CT molecular complexity index is 354. The van der Waals surface area contributed by atoms with Crippen molar-refractivity contribution in [1.29, 1.82) is 0 Å². The lowest BCUT2D eigenvalue weighted by molar-refractivity contribution is -0.137. The summed E-state index contributed by atoms with van der Waals surface area (Å²) in [5, 5.41) is 2.36. The van der Waals surface area contributed by atoms with Crippen molar-refractivity contribution in [3.8, 4) is 0 Å². The van der Waals surface area contributed by atoms with Gasteiger partial charge in [-0.15, -0.1) is 0 Å². The fraction of sp³-hybridized carbons (Fsp3) is 0.200. The first-order chi connectivity index (χ1) is 7.24. The zero-order valence-corrected chi connectivity index (χ0v) is 8.23. The zero-order valence-electron chi connectivity index (χ0n) is 8.23. The van der Waals surface area contributed by atoms with Crippen LogP contribution in [0.5, 0.6) is 0 Å². The number of amides is 1. The van der Waals surface area contributed by atoms with Gasteiger partial charge in [0.15, 0.2) is 5.76 Å². The molecule has 0 fully saturated rings. The molecule has 0 bridgehead atoms. The van der Waals surface area contributed by atoms with Crippen LogP contribution in [0.15, 0.2) is 35.1 Å². The van der Waals surface area contributed by atoms with Crippen LogP contribution in [0, 0.1) is 0 Å². The highest BCUT2D eigenvalue weighted by atomic mass is 16.5. The van der Waals surface area contributed by atoms with Gasteiger partial charge in [-0.05, 0) is 19.1 Å². The van der Waals surface area contributed by atoms with Crippen LogP contribution in [0.4, 0.5) is 0 Å². The number of furan rings is 1. The highest BCUT2D eigenvalue weighted by molar-refractivity contribution is 5.92. The first kappa shape index (κ1) is 11.0. The molecular weight excluding hydrogens is 198 g/mol. The second-order valence-electron chi connectivity index (χ2n) is 2.54. The maximum absolute atomic E-state index is 11.2. The Morgan fingerprint density at radius 3 is 3.00 bits per heavy atom. The van der Waals surface area contributed by atoms with E-state index in [1.54, 1.807) is 13.0 Å². The van der Waals surface area contributed by atoms with Crippen LogP contribution < -0.4 is 5.32 Å². The van der Waals surface area contributed by atoms with Crippen LogP contribution in [0.1, 0.15) is 17.5 Å². The molecule has 1 rings (SSSR count). The lowest BCUT2D eigenvalue weighted by Gasteiger charge is -1.96. The Kier molecular flexibility index (Phi) is 4.15. The van der Waals surface area contributed by atoms with Crippen molar-refractivity contribution in [3.05, 3.63) is 36.4 Å².